The Morgan fingerprint density at radius 2 is 0.587 bits per heavy atom. The Hall–Kier alpha value is -16.7. The number of fused-ring (bicyclic) bond motifs is 32. The Kier molecular flexibility index (Phi) is 14.2. The Balaban J connectivity index is 0.673. The van der Waals surface area contributed by atoms with Gasteiger partial charge in [0.05, 0.1) is 44.3 Å². The summed E-state index contributed by atoms with van der Waals surface area (Å²) in [4.78, 5) is 22.0. The average molecular weight is 1600 g/mol. The number of furan rings is 2. The minimum Gasteiger partial charge on any atom is -0.456 e. The molecule has 0 radical (unpaired) electrons. The molecule has 18 aromatic carbocycles. The van der Waals surface area contributed by atoms with Crippen LogP contribution in [0, 0.1) is 0 Å². The van der Waals surface area contributed by atoms with Crippen LogP contribution in [0.25, 0.3) is 222 Å². The molecule has 2 spiro atoms. The van der Waals surface area contributed by atoms with Crippen LogP contribution in [0.15, 0.2) is 421 Å². The Morgan fingerprint density at radius 1 is 0.190 bits per heavy atom. The second kappa shape index (κ2) is 25.9. The SMILES string of the molecule is c1ccc(-c2cc(-n3c4ccc(-c5cc(-c6ccc7c(c6)oc6cc8c(cc67)-c6ccccc6C86c7ccccc7-c7ccccc76)cc6c5c5ccccc5n6-c5cc(-c6ccccc6)nc(-c6ccccc6)n5)cc4c4ccc(-c5cccc6c5oc5cc7c(cc56)-c5ccccc5C75c6ccccc6-c6ccccc65)cc43)nc(-c3ccccc3)n2)cc1. The summed E-state index contributed by atoms with van der Waals surface area (Å²) in [7, 11) is 0. The summed E-state index contributed by atoms with van der Waals surface area (Å²) in [6, 6.07) is 151. The predicted octanol–water partition coefficient (Wildman–Crippen LogP) is 29.6. The zero-order valence-corrected chi connectivity index (χ0v) is 67.8. The number of aromatic nitrogens is 6. The molecule has 0 amide bonds. The van der Waals surface area contributed by atoms with Gasteiger partial charge < -0.3 is 8.83 Å². The number of rotatable bonds is 9. The van der Waals surface area contributed by atoms with Crippen molar-refractivity contribution in [3.8, 4) is 135 Å². The average Bonchev–Trinajstić information content (AvgIpc) is 1.51. The molecule has 24 aromatic rings. The van der Waals surface area contributed by atoms with Crippen LogP contribution in [-0.2, 0) is 10.8 Å². The van der Waals surface area contributed by atoms with Gasteiger partial charge in [0.1, 0.15) is 34.0 Å². The first-order valence-electron chi connectivity index (χ1n) is 43.2. The van der Waals surface area contributed by atoms with E-state index in [1.807, 2.05) is 12.1 Å². The molecular weight excluding hydrogens is 1530 g/mol. The molecule has 0 N–H and O–H groups in total. The monoisotopic (exact) mass is 1600 g/mol. The first-order chi connectivity index (χ1) is 62.4. The number of hydrogen-bond acceptors (Lipinski definition) is 6. The molecule has 28 rings (SSSR count). The first kappa shape index (κ1) is 69.0. The number of para-hydroxylation sites is 2. The highest BCUT2D eigenvalue weighted by Crippen LogP contribution is 2.66. The van der Waals surface area contributed by atoms with Crippen molar-refractivity contribution < 1.29 is 8.83 Å². The molecule has 4 aliphatic carbocycles. The van der Waals surface area contributed by atoms with Crippen molar-refractivity contribution >= 4 is 87.5 Å². The standard InChI is InChI=1S/C118H68N6O2/c1-5-28-69(29-6-1)102-67-111(121-115(119-102)71-32-9-3-10-33-71)123-105-57-54-74(58-91(105)84-55-53-75(60-106(84)123)77-43-27-44-86-93-64-90-83-41-18-25-50-99(83)118(101(90)66-110(93)126-114(77)86)96-47-22-15-38-80(96)81-39-16-23-48-97(81)118)88-59-76(61-107-113(88)87-42-19-26-51-104(87)124(107)112-68-103(70-30-7-2-8-31-70)120-116(122-112)72-34-11-4-12-35-72)73-52-56-85-92-63-89-82-40-17-24-49-98(82)117(100(89)65-109(92)125-108(85)62-73)94-45-20-13-36-78(94)79-37-14-21-46-95(79)117/h1-68H. The molecule has 0 fully saturated rings. The van der Waals surface area contributed by atoms with E-state index in [0.717, 1.165) is 166 Å². The third-order valence-corrected chi connectivity index (χ3v) is 27.8. The molecule has 8 nitrogen and oxygen atoms in total. The topological polar surface area (TPSA) is 87.7 Å². The van der Waals surface area contributed by atoms with E-state index >= 15 is 0 Å². The summed E-state index contributed by atoms with van der Waals surface area (Å²) >= 11 is 0. The van der Waals surface area contributed by atoms with Crippen molar-refractivity contribution in [2.24, 2.45) is 0 Å². The highest BCUT2D eigenvalue weighted by atomic mass is 16.3. The number of nitrogens with zero attached hydrogens (tertiary/aromatic N) is 6. The summed E-state index contributed by atoms with van der Waals surface area (Å²) in [5.74, 6) is 2.74. The van der Waals surface area contributed by atoms with Gasteiger partial charge in [0.25, 0.3) is 0 Å². The van der Waals surface area contributed by atoms with E-state index < -0.39 is 10.8 Å². The molecular formula is C118H68N6O2. The lowest BCUT2D eigenvalue weighted by molar-refractivity contribution is 0.666. The van der Waals surface area contributed by atoms with Gasteiger partial charge in [-0.2, -0.15) is 0 Å². The summed E-state index contributed by atoms with van der Waals surface area (Å²) in [5.41, 5.74) is 38.1. The highest BCUT2D eigenvalue weighted by molar-refractivity contribution is 6.20. The van der Waals surface area contributed by atoms with E-state index in [4.69, 9.17) is 28.8 Å². The van der Waals surface area contributed by atoms with Gasteiger partial charge in [-0.05, 0) is 190 Å². The van der Waals surface area contributed by atoms with Gasteiger partial charge in [-0.1, -0.05) is 328 Å². The lowest BCUT2D eigenvalue weighted by atomic mass is 9.70. The van der Waals surface area contributed by atoms with Gasteiger partial charge in [-0.15, -0.1) is 0 Å². The fraction of sp³-hybridized carbons (Fsp3) is 0.0169. The summed E-state index contributed by atoms with van der Waals surface area (Å²) in [6.45, 7) is 0. The maximum Gasteiger partial charge on any atom is 0.162 e. The third-order valence-electron chi connectivity index (χ3n) is 27.8. The fourth-order valence-electron chi connectivity index (χ4n) is 22.5. The van der Waals surface area contributed by atoms with Crippen molar-refractivity contribution in [2.75, 3.05) is 0 Å². The Bertz CT molecular complexity index is 8650. The predicted molar refractivity (Wildman–Crippen MR) is 512 cm³/mol. The second-order valence-electron chi connectivity index (χ2n) is 34.1. The summed E-state index contributed by atoms with van der Waals surface area (Å²) in [6.07, 6.45) is 0. The largest absolute Gasteiger partial charge is 0.456 e. The van der Waals surface area contributed by atoms with Gasteiger partial charge in [0.15, 0.2) is 11.6 Å². The van der Waals surface area contributed by atoms with E-state index in [0.29, 0.717) is 11.6 Å². The quantitative estimate of drug-likeness (QED) is 0.143. The molecule has 0 saturated heterocycles. The van der Waals surface area contributed by atoms with Crippen LogP contribution in [0.2, 0.25) is 0 Å². The molecule has 0 saturated carbocycles. The molecule has 8 heteroatoms. The Labute approximate surface area is 723 Å². The van der Waals surface area contributed by atoms with Crippen LogP contribution in [-0.4, -0.2) is 29.1 Å². The van der Waals surface area contributed by atoms with Crippen molar-refractivity contribution in [3.05, 3.63) is 457 Å². The van der Waals surface area contributed by atoms with Gasteiger partial charge in [0, 0.05) is 83.0 Å². The molecule has 0 atom stereocenters. The number of hydrogen-bond donors (Lipinski definition) is 0. The van der Waals surface area contributed by atoms with Crippen molar-refractivity contribution in [2.45, 2.75) is 10.8 Å². The van der Waals surface area contributed by atoms with Crippen LogP contribution >= 0.6 is 0 Å². The number of benzene rings is 18. The van der Waals surface area contributed by atoms with Gasteiger partial charge in [-0.3, -0.25) is 9.13 Å². The minimum absolute atomic E-state index is 0.519. The molecule has 6 aromatic heterocycles. The summed E-state index contributed by atoms with van der Waals surface area (Å²) < 4.78 is 19.5. The van der Waals surface area contributed by atoms with Gasteiger partial charge >= 0.3 is 0 Å². The zero-order valence-electron chi connectivity index (χ0n) is 67.8. The van der Waals surface area contributed by atoms with E-state index in [1.54, 1.807) is 0 Å². The first-order valence-corrected chi connectivity index (χ1v) is 43.2. The van der Waals surface area contributed by atoms with Gasteiger partial charge in [-0.25, -0.2) is 19.9 Å². The second-order valence-corrected chi connectivity index (χ2v) is 34.1. The van der Waals surface area contributed by atoms with E-state index in [2.05, 4.69) is 410 Å². The molecule has 0 unspecified atom stereocenters. The van der Waals surface area contributed by atoms with E-state index in [9.17, 15) is 0 Å². The zero-order chi connectivity index (χ0) is 82.2. The van der Waals surface area contributed by atoms with Crippen LogP contribution < -0.4 is 0 Å². The molecule has 6 heterocycles. The van der Waals surface area contributed by atoms with Crippen LogP contribution in [0.1, 0.15) is 44.5 Å². The molecule has 0 aliphatic heterocycles. The highest BCUT2D eigenvalue weighted by Gasteiger charge is 2.54. The lowest BCUT2D eigenvalue weighted by Gasteiger charge is -2.30. The smallest absolute Gasteiger partial charge is 0.162 e. The van der Waals surface area contributed by atoms with Gasteiger partial charge in [0.2, 0.25) is 0 Å². The van der Waals surface area contributed by atoms with Crippen molar-refractivity contribution in [3.63, 3.8) is 0 Å². The van der Waals surface area contributed by atoms with Crippen molar-refractivity contribution in [1.29, 1.82) is 0 Å². The molecule has 4 aliphatic rings. The fourth-order valence-corrected chi connectivity index (χ4v) is 22.5. The molecule has 126 heavy (non-hydrogen) atoms. The van der Waals surface area contributed by atoms with Crippen LogP contribution in [0.5, 0.6) is 0 Å². The maximum atomic E-state index is 7.46. The normalized spacial score (nSPS) is 13.4. The minimum atomic E-state index is -0.522. The van der Waals surface area contributed by atoms with Crippen LogP contribution in [0.3, 0.4) is 0 Å². The molecule has 0 bridgehead atoms. The summed E-state index contributed by atoms with van der Waals surface area (Å²) in [5, 5.41) is 8.55. The lowest BCUT2D eigenvalue weighted by Crippen LogP contribution is -2.25. The third kappa shape index (κ3) is 9.50. The van der Waals surface area contributed by atoms with Crippen molar-refractivity contribution in [1.82, 2.24) is 29.1 Å². The van der Waals surface area contributed by atoms with E-state index in [-0.39, 0.29) is 0 Å². The molecule has 582 valence electrons. The van der Waals surface area contributed by atoms with Crippen LogP contribution in [0.4, 0.5) is 0 Å². The Morgan fingerprint density at radius 3 is 1.13 bits per heavy atom. The maximum absolute atomic E-state index is 7.46. The van der Waals surface area contributed by atoms with E-state index in [1.165, 1.54) is 89.0 Å².